The van der Waals surface area contributed by atoms with Gasteiger partial charge in [0.25, 0.3) is 5.91 Å². The molecule has 5 heteroatoms. The van der Waals surface area contributed by atoms with Crippen molar-refractivity contribution in [1.82, 2.24) is 4.90 Å². The number of carbonyl (C=O) groups is 1. The van der Waals surface area contributed by atoms with Crippen LogP contribution in [0.4, 0.5) is 0 Å². The SMILES string of the molecule is CCOc1ccc(OCC(=O)N2CC(C)OC(C)C2)cc1. The van der Waals surface area contributed by atoms with E-state index in [9.17, 15) is 4.79 Å². The number of hydrogen-bond acceptors (Lipinski definition) is 4. The fraction of sp³-hybridized carbons (Fsp3) is 0.562. The van der Waals surface area contributed by atoms with Gasteiger partial charge in [0.2, 0.25) is 0 Å². The zero-order valence-electron chi connectivity index (χ0n) is 12.9. The first-order chi connectivity index (χ1) is 10.1. The van der Waals surface area contributed by atoms with Crippen LogP contribution in [0.1, 0.15) is 20.8 Å². The highest BCUT2D eigenvalue weighted by Gasteiger charge is 2.25. The molecule has 1 amide bonds. The molecular formula is C16H23NO4. The van der Waals surface area contributed by atoms with Crippen molar-refractivity contribution in [2.24, 2.45) is 0 Å². The average molecular weight is 293 g/mol. The van der Waals surface area contributed by atoms with Gasteiger partial charge in [0.1, 0.15) is 11.5 Å². The Bertz CT molecular complexity index is 450. The lowest BCUT2D eigenvalue weighted by atomic mass is 10.2. The minimum absolute atomic E-state index is 0.00844. The van der Waals surface area contributed by atoms with Gasteiger partial charge in [0.05, 0.1) is 18.8 Å². The number of hydrogen-bond donors (Lipinski definition) is 0. The second-order valence-electron chi connectivity index (χ2n) is 5.25. The highest BCUT2D eigenvalue weighted by Crippen LogP contribution is 2.18. The van der Waals surface area contributed by atoms with Crippen LogP contribution in [0.5, 0.6) is 11.5 Å². The molecule has 1 saturated heterocycles. The van der Waals surface area contributed by atoms with E-state index < -0.39 is 0 Å². The summed E-state index contributed by atoms with van der Waals surface area (Å²) in [6, 6.07) is 7.29. The molecule has 1 aliphatic heterocycles. The van der Waals surface area contributed by atoms with Crippen LogP contribution in [-0.4, -0.2) is 49.3 Å². The van der Waals surface area contributed by atoms with Gasteiger partial charge in [0, 0.05) is 13.1 Å². The minimum atomic E-state index is -0.00844. The molecule has 0 aromatic heterocycles. The highest BCUT2D eigenvalue weighted by molar-refractivity contribution is 5.78. The molecule has 1 heterocycles. The molecule has 5 nitrogen and oxygen atoms in total. The Hall–Kier alpha value is -1.75. The fourth-order valence-electron chi connectivity index (χ4n) is 2.42. The van der Waals surface area contributed by atoms with Gasteiger partial charge in [0.15, 0.2) is 6.61 Å². The predicted octanol–water partition coefficient (Wildman–Crippen LogP) is 2.10. The van der Waals surface area contributed by atoms with E-state index in [-0.39, 0.29) is 24.7 Å². The van der Waals surface area contributed by atoms with Crippen molar-refractivity contribution in [3.63, 3.8) is 0 Å². The van der Waals surface area contributed by atoms with E-state index in [1.54, 1.807) is 4.90 Å². The highest BCUT2D eigenvalue weighted by atomic mass is 16.5. The number of rotatable bonds is 5. The lowest BCUT2D eigenvalue weighted by Gasteiger charge is -2.35. The lowest BCUT2D eigenvalue weighted by Crippen LogP contribution is -2.49. The van der Waals surface area contributed by atoms with Gasteiger partial charge in [-0.2, -0.15) is 0 Å². The maximum Gasteiger partial charge on any atom is 0.260 e. The monoisotopic (exact) mass is 293 g/mol. The van der Waals surface area contributed by atoms with Crippen LogP contribution in [0.15, 0.2) is 24.3 Å². The first kappa shape index (κ1) is 15.6. The normalized spacial score (nSPS) is 22.0. The van der Waals surface area contributed by atoms with Gasteiger partial charge in [-0.1, -0.05) is 0 Å². The molecule has 1 aromatic rings. The van der Waals surface area contributed by atoms with Crippen molar-refractivity contribution in [3.8, 4) is 11.5 Å². The van der Waals surface area contributed by atoms with E-state index in [0.29, 0.717) is 25.4 Å². The second-order valence-corrected chi connectivity index (χ2v) is 5.25. The van der Waals surface area contributed by atoms with Crippen molar-refractivity contribution in [3.05, 3.63) is 24.3 Å². The molecule has 0 spiro atoms. The summed E-state index contributed by atoms with van der Waals surface area (Å²) in [6.45, 7) is 7.81. The Morgan fingerprint density at radius 1 is 1.14 bits per heavy atom. The summed E-state index contributed by atoms with van der Waals surface area (Å²) < 4.78 is 16.5. The molecule has 1 aromatic carbocycles. The Kier molecular flexibility index (Phi) is 5.44. The fourth-order valence-corrected chi connectivity index (χ4v) is 2.42. The van der Waals surface area contributed by atoms with Gasteiger partial charge in [-0.25, -0.2) is 0 Å². The molecule has 0 bridgehead atoms. The number of benzene rings is 1. The van der Waals surface area contributed by atoms with Crippen LogP contribution in [0.3, 0.4) is 0 Å². The van der Waals surface area contributed by atoms with Gasteiger partial charge < -0.3 is 19.1 Å². The van der Waals surface area contributed by atoms with Gasteiger partial charge in [-0.3, -0.25) is 4.79 Å². The van der Waals surface area contributed by atoms with E-state index in [1.165, 1.54) is 0 Å². The van der Waals surface area contributed by atoms with Crippen LogP contribution in [-0.2, 0) is 9.53 Å². The summed E-state index contributed by atoms with van der Waals surface area (Å²) in [6.07, 6.45) is 0.145. The van der Waals surface area contributed by atoms with Crippen molar-refractivity contribution >= 4 is 5.91 Å². The van der Waals surface area contributed by atoms with Crippen LogP contribution in [0.25, 0.3) is 0 Å². The number of amides is 1. The largest absolute Gasteiger partial charge is 0.494 e. The van der Waals surface area contributed by atoms with Gasteiger partial charge >= 0.3 is 0 Å². The summed E-state index contributed by atoms with van der Waals surface area (Å²) in [7, 11) is 0. The van der Waals surface area contributed by atoms with E-state index in [1.807, 2.05) is 45.0 Å². The zero-order valence-corrected chi connectivity index (χ0v) is 12.9. The second kappa shape index (κ2) is 7.31. The summed E-state index contributed by atoms with van der Waals surface area (Å²) in [5.41, 5.74) is 0. The third-order valence-electron chi connectivity index (χ3n) is 3.27. The number of morpholine rings is 1. The Labute approximate surface area is 125 Å². The predicted molar refractivity (Wildman–Crippen MR) is 79.7 cm³/mol. The minimum Gasteiger partial charge on any atom is -0.494 e. The van der Waals surface area contributed by atoms with Crippen molar-refractivity contribution in [2.45, 2.75) is 33.0 Å². The summed E-state index contributed by atoms with van der Waals surface area (Å²) in [5, 5.41) is 0. The van der Waals surface area contributed by atoms with Gasteiger partial charge in [-0.05, 0) is 45.0 Å². The summed E-state index contributed by atoms with van der Waals surface area (Å²) in [5.74, 6) is 1.46. The Morgan fingerprint density at radius 2 is 1.67 bits per heavy atom. The Balaban J connectivity index is 1.83. The molecule has 116 valence electrons. The lowest BCUT2D eigenvalue weighted by molar-refractivity contribution is -0.145. The van der Waals surface area contributed by atoms with E-state index in [0.717, 1.165) is 5.75 Å². The molecule has 21 heavy (non-hydrogen) atoms. The number of ether oxygens (including phenoxy) is 3. The molecular weight excluding hydrogens is 270 g/mol. The topological polar surface area (TPSA) is 48.0 Å². The maximum atomic E-state index is 12.2. The third kappa shape index (κ3) is 4.63. The average Bonchev–Trinajstić information content (AvgIpc) is 2.45. The van der Waals surface area contributed by atoms with Crippen LogP contribution in [0, 0.1) is 0 Å². The Morgan fingerprint density at radius 3 is 2.19 bits per heavy atom. The molecule has 2 rings (SSSR count). The van der Waals surface area contributed by atoms with Crippen molar-refractivity contribution < 1.29 is 19.0 Å². The first-order valence-electron chi connectivity index (χ1n) is 7.37. The number of nitrogens with zero attached hydrogens (tertiary/aromatic N) is 1. The van der Waals surface area contributed by atoms with E-state index in [4.69, 9.17) is 14.2 Å². The molecule has 1 aliphatic rings. The summed E-state index contributed by atoms with van der Waals surface area (Å²) >= 11 is 0. The molecule has 0 radical (unpaired) electrons. The van der Waals surface area contributed by atoms with Crippen molar-refractivity contribution in [2.75, 3.05) is 26.3 Å². The van der Waals surface area contributed by atoms with Crippen LogP contribution < -0.4 is 9.47 Å². The molecule has 2 unspecified atom stereocenters. The first-order valence-corrected chi connectivity index (χ1v) is 7.37. The quantitative estimate of drug-likeness (QED) is 0.834. The molecule has 0 N–H and O–H groups in total. The molecule has 0 saturated carbocycles. The maximum absolute atomic E-state index is 12.2. The third-order valence-corrected chi connectivity index (χ3v) is 3.27. The van der Waals surface area contributed by atoms with Crippen molar-refractivity contribution in [1.29, 1.82) is 0 Å². The standard InChI is InChI=1S/C16H23NO4/c1-4-19-14-5-7-15(8-6-14)20-11-16(18)17-9-12(2)21-13(3)10-17/h5-8,12-13H,4,9-11H2,1-3H3. The molecule has 0 aliphatic carbocycles. The van der Waals surface area contributed by atoms with E-state index in [2.05, 4.69) is 0 Å². The smallest absolute Gasteiger partial charge is 0.260 e. The zero-order chi connectivity index (χ0) is 15.2. The van der Waals surface area contributed by atoms with Crippen LogP contribution >= 0.6 is 0 Å². The molecule has 1 fully saturated rings. The van der Waals surface area contributed by atoms with E-state index >= 15 is 0 Å². The van der Waals surface area contributed by atoms with Gasteiger partial charge in [-0.15, -0.1) is 0 Å². The number of carbonyl (C=O) groups excluding carboxylic acids is 1. The van der Waals surface area contributed by atoms with Crippen LogP contribution in [0.2, 0.25) is 0 Å². The summed E-state index contributed by atoms with van der Waals surface area (Å²) in [4.78, 5) is 14.0. The molecule has 2 atom stereocenters.